The quantitative estimate of drug-likeness (QED) is 0.870. The maximum Gasteiger partial charge on any atom is 0.313 e. The third-order valence-electron chi connectivity index (χ3n) is 3.13. The summed E-state index contributed by atoms with van der Waals surface area (Å²) in [5.41, 5.74) is 2.52. The molecule has 116 valence electrons. The molecule has 7 heteroatoms. The third-order valence-corrected chi connectivity index (χ3v) is 3.13. The largest absolute Gasteiger partial charge is 0.340 e. The molecule has 0 radical (unpaired) electrons. The van der Waals surface area contributed by atoms with Gasteiger partial charge < -0.3 is 14.7 Å². The van der Waals surface area contributed by atoms with Gasteiger partial charge >= 0.3 is 11.8 Å². The monoisotopic (exact) mass is 302 g/mol. The lowest BCUT2D eigenvalue weighted by Gasteiger charge is -2.15. The minimum Gasteiger partial charge on any atom is -0.340 e. The molecule has 0 atom stereocenters. The van der Waals surface area contributed by atoms with Crippen LogP contribution in [0.5, 0.6) is 0 Å². The molecule has 1 N–H and O–H groups in total. The van der Waals surface area contributed by atoms with Crippen LogP contribution in [0.2, 0.25) is 0 Å². The second-order valence-corrected chi connectivity index (χ2v) is 5.16. The molecule has 7 nitrogen and oxygen atoms in total. The fourth-order valence-electron chi connectivity index (χ4n) is 1.91. The maximum absolute atomic E-state index is 12.1. The van der Waals surface area contributed by atoms with E-state index in [1.54, 1.807) is 6.92 Å². The molecular weight excluding hydrogens is 284 g/mol. The number of carbonyl (C=O) groups excluding carboxylic acids is 2. The van der Waals surface area contributed by atoms with Crippen molar-refractivity contribution < 1.29 is 14.1 Å². The van der Waals surface area contributed by atoms with Crippen LogP contribution in [-0.2, 0) is 16.1 Å². The first kappa shape index (κ1) is 15.7. The number of hydrogen-bond acceptors (Lipinski definition) is 5. The molecular formula is C15H18N4O3. The van der Waals surface area contributed by atoms with E-state index in [0.29, 0.717) is 17.4 Å². The first-order valence-electron chi connectivity index (χ1n) is 6.79. The SMILES string of the molecule is Cc1ccc(C)c(NC(=O)C(=O)N(C)Cc2noc(C)n2)c1. The topological polar surface area (TPSA) is 88.3 Å². The predicted octanol–water partition coefficient (Wildman–Crippen LogP) is 1.59. The second kappa shape index (κ2) is 6.38. The van der Waals surface area contributed by atoms with Crippen LogP contribution < -0.4 is 5.32 Å². The summed E-state index contributed by atoms with van der Waals surface area (Å²) in [6.07, 6.45) is 0. The van der Waals surface area contributed by atoms with E-state index >= 15 is 0 Å². The highest BCUT2D eigenvalue weighted by atomic mass is 16.5. The van der Waals surface area contributed by atoms with Crippen molar-refractivity contribution in [2.24, 2.45) is 0 Å². The molecule has 0 aliphatic carbocycles. The van der Waals surface area contributed by atoms with Crippen molar-refractivity contribution in [3.05, 3.63) is 41.0 Å². The summed E-state index contributed by atoms with van der Waals surface area (Å²) in [7, 11) is 1.51. The highest BCUT2D eigenvalue weighted by Gasteiger charge is 2.21. The molecule has 0 bridgehead atoms. The summed E-state index contributed by atoms with van der Waals surface area (Å²) in [4.78, 5) is 29.4. The summed E-state index contributed by atoms with van der Waals surface area (Å²) in [6.45, 7) is 5.55. The highest BCUT2D eigenvalue weighted by Crippen LogP contribution is 2.16. The lowest BCUT2D eigenvalue weighted by Crippen LogP contribution is -2.37. The third kappa shape index (κ3) is 3.69. The molecule has 0 aliphatic heterocycles. The van der Waals surface area contributed by atoms with Crippen molar-refractivity contribution in [3.8, 4) is 0 Å². The Morgan fingerprint density at radius 1 is 1.27 bits per heavy atom. The Morgan fingerprint density at radius 2 is 2.00 bits per heavy atom. The van der Waals surface area contributed by atoms with E-state index in [0.717, 1.165) is 11.1 Å². The molecule has 2 aromatic rings. The van der Waals surface area contributed by atoms with Crippen molar-refractivity contribution in [1.82, 2.24) is 15.0 Å². The van der Waals surface area contributed by atoms with E-state index in [1.165, 1.54) is 11.9 Å². The van der Waals surface area contributed by atoms with E-state index < -0.39 is 11.8 Å². The molecule has 0 aliphatic rings. The summed E-state index contributed by atoms with van der Waals surface area (Å²) in [6, 6.07) is 5.65. The fourth-order valence-corrected chi connectivity index (χ4v) is 1.91. The van der Waals surface area contributed by atoms with Crippen LogP contribution in [0, 0.1) is 20.8 Å². The number of nitrogens with one attached hydrogen (secondary N) is 1. The Hall–Kier alpha value is -2.70. The number of nitrogens with zero attached hydrogens (tertiary/aromatic N) is 3. The second-order valence-electron chi connectivity index (χ2n) is 5.16. The van der Waals surface area contributed by atoms with E-state index in [4.69, 9.17) is 4.52 Å². The number of anilines is 1. The van der Waals surface area contributed by atoms with Crippen molar-refractivity contribution in [1.29, 1.82) is 0 Å². The number of carbonyl (C=O) groups is 2. The van der Waals surface area contributed by atoms with E-state index in [9.17, 15) is 9.59 Å². The van der Waals surface area contributed by atoms with Crippen LogP contribution in [0.4, 0.5) is 5.69 Å². The zero-order chi connectivity index (χ0) is 16.3. The number of aromatic nitrogens is 2. The first-order valence-corrected chi connectivity index (χ1v) is 6.79. The first-order chi connectivity index (χ1) is 10.4. The average Bonchev–Trinajstić information content (AvgIpc) is 2.87. The number of benzene rings is 1. The molecule has 0 saturated carbocycles. The molecule has 2 rings (SSSR count). The van der Waals surface area contributed by atoms with Gasteiger partial charge in [-0.1, -0.05) is 17.3 Å². The maximum atomic E-state index is 12.1. The van der Waals surface area contributed by atoms with Crippen LogP contribution in [0.15, 0.2) is 22.7 Å². The van der Waals surface area contributed by atoms with Gasteiger partial charge in [0.2, 0.25) is 5.89 Å². The standard InChI is InChI=1S/C15H18N4O3/c1-9-5-6-10(2)12(7-9)17-14(20)15(21)19(4)8-13-16-11(3)22-18-13/h5-7H,8H2,1-4H3,(H,17,20). The Bertz CT molecular complexity index is 709. The zero-order valence-corrected chi connectivity index (χ0v) is 13.0. The van der Waals surface area contributed by atoms with Crippen LogP contribution in [0.1, 0.15) is 22.8 Å². The van der Waals surface area contributed by atoms with E-state index in [2.05, 4.69) is 15.5 Å². The van der Waals surface area contributed by atoms with Gasteiger partial charge in [0.1, 0.15) is 0 Å². The normalized spacial score (nSPS) is 10.4. The van der Waals surface area contributed by atoms with Gasteiger partial charge in [-0.2, -0.15) is 4.98 Å². The summed E-state index contributed by atoms with van der Waals surface area (Å²) in [5.74, 6) is -0.594. The van der Waals surface area contributed by atoms with Crippen molar-refractivity contribution in [2.75, 3.05) is 12.4 Å². The van der Waals surface area contributed by atoms with Gasteiger partial charge in [-0.25, -0.2) is 0 Å². The molecule has 1 heterocycles. The molecule has 0 unspecified atom stereocenters. The smallest absolute Gasteiger partial charge is 0.313 e. The van der Waals surface area contributed by atoms with Gasteiger partial charge in [-0.15, -0.1) is 0 Å². The molecule has 2 amide bonds. The predicted molar refractivity (Wildman–Crippen MR) is 80.1 cm³/mol. The van der Waals surface area contributed by atoms with Crippen LogP contribution in [-0.4, -0.2) is 33.9 Å². The van der Waals surface area contributed by atoms with Crippen LogP contribution in [0.25, 0.3) is 0 Å². The number of hydrogen-bond donors (Lipinski definition) is 1. The number of likely N-dealkylation sites (N-methyl/N-ethyl adjacent to an activating group) is 1. The minimum atomic E-state index is -0.698. The molecule has 0 saturated heterocycles. The van der Waals surface area contributed by atoms with Gasteiger partial charge in [0.25, 0.3) is 0 Å². The number of rotatable bonds is 3. The Morgan fingerprint density at radius 3 is 2.64 bits per heavy atom. The minimum absolute atomic E-state index is 0.108. The number of aryl methyl sites for hydroxylation is 3. The Balaban J connectivity index is 2.02. The van der Waals surface area contributed by atoms with E-state index in [-0.39, 0.29) is 6.54 Å². The molecule has 0 fully saturated rings. The van der Waals surface area contributed by atoms with Crippen LogP contribution >= 0.6 is 0 Å². The van der Waals surface area contributed by atoms with Gasteiger partial charge in [-0.3, -0.25) is 9.59 Å². The molecule has 22 heavy (non-hydrogen) atoms. The lowest BCUT2D eigenvalue weighted by molar-refractivity contribution is -0.142. The van der Waals surface area contributed by atoms with Crippen LogP contribution in [0.3, 0.4) is 0 Å². The summed E-state index contributed by atoms with van der Waals surface area (Å²) in [5, 5.41) is 6.32. The average molecular weight is 302 g/mol. The summed E-state index contributed by atoms with van der Waals surface area (Å²) < 4.78 is 4.83. The van der Waals surface area contributed by atoms with Crippen molar-refractivity contribution in [3.63, 3.8) is 0 Å². The molecule has 0 spiro atoms. The Kier molecular flexibility index (Phi) is 4.55. The molecule has 1 aromatic heterocycles. The lowest BCUT2D eigenvalue weighted by atomic mass is 10.1. The van der Waals surface area contributed by atoms with E-state index in [1.807, 2.05) is 32.0 Å². The van der Waals surface area contributed by atoms with Gasteiger partial charge in [0, 0.05) is 19.7 Å². The van der Waals surface area contributed by atoms with Gasteiger partial charge in [0.15, 0.2) is 5.82 Å². The zero-order valence-electron chi connectivity index (χ0n) is 13.0. The highest BCUT2D eigenvalue weighted by molar-refractivity contribution is 6.39. The Labute approximate surface area is 128 Å². The molecule has 1 aromatic carbocycles. The van der Waals surface area contributed by atoms with Crippen molar-refractivity contribution in [2.45, 2.75) is 27.3 Å². The summed E-state index contributed by atoms with van der Waals surface area (Å²) >= 11 is 0. The number of amides is 2. The van der Waals surface area contributed by atoms with Crippen molar-refractivity contribution >= 4 is 17.5 Å². The van der Waals surface area contributed by atoms with Gasteiger partial charge in [0.05, 0.1) is 6.54 Å². The van der Waals surface area contributed by atoms with Gasteiger partial charge in [-0.05, 0) is 31.0 Å². The fraction of sp³-hybridized carbons (Fsp3) is 0.333.